The van der Waals surface area contributed by atoms with E-state index in [9.17, 15) is 19.7 Å². The fourth-order valence-corrected chi connectivity index (χ4v) is 2.20. The first kappa shape index (κ1) is 18.4. The van der Waals surface area contributed by atoms with Gasteiger partial charge in [-0.25, -0.2) is 0 Å². The van der Waals surface area contributed by atoms with Crippen molar-refractivity contribution in [1.29, 1.82) is 0 Å². The summed E-state index contributed by atoms with van der Waals surface area (Å²) in [4.78, 5) is 33.9. The van der Waals surface area contributed by atoms with Gasteiger partial charge in [0, 0.05) is 41.4 Å². The molecule has 0 saturated carbocycles. The summed E-state index contributed by atoms with van der Waals surface area (Å²) in [5.74, 6) is -0.517. The number of carbonyl (C=O) groups is 2. The molecule has 2 aromatic rings. The molecule has 2 N–H and O–H groups in total. The molecule has 2 amide bonds. The van der Waals surface area contributed by atoms with Crippen molar-refractivity contribution >= 4 is 34.8 Å². The Kier molecular flexibility index (Phi) is 6.47. The van der Waals surface area contributed by atoms with Crippen molar-refractivity contribution in [3.05, 3.63) is 69.2 Å². The monoisotopic (exact) mass is 361 g/mol. The molecule has 0 unspecified atom stereocenters. The zero-order valence-electron chi connectivity index (χ0n) is 13.2. The summed E-state index contributed by atoms with van der Waals surface area (Å²) in [7, 11) is 0. The normalized spacial score (nSPS) is 10.1. The molecule has 0 bridgehead atoms. The number of hydrogen-bond donors (Lipinski definition) is 2. The van der Waals surface area contributed by atoms with Crippen molar-refractivity contribution in [2.75, 3.05) is 11.9 Å². The van der Waals surface area contributed by atoms with Crippen LogP contribution in [0, 0.1) is 10.1 Å². The van der Waals surface area contributed by atoms with E-state index in [4.69, 9.17) is 11.6 Å². The quantitative estimate of drug-likeness (QED) is 0.448. The molecule has 0 aromatic heterocycles. The topological polar surface area (TPSA) is 101 Å². The van der Waals surface area contributed by atoms with Gasteiger partial charge in [-0.3, -0.25) is 19.7 Å². The second kappa shape index (κ2) is 8.79. The summed E-state index contributed by atoms with van der Waals surface area (Å²) < 4.78 is 0. The Morgan fingerprint density at radius 1 is 1.12 bits per heavy atom. The Hall–Kier alpha value is -2.93. The number of nitro groups is 1. The third kappa shape index (κ3) is 5.89. The molecule has 2 aromatic carbocycles. The van der Waals surface area contributed by atoms with Crippen LogP contribution in [0.1, 0.15) is 23.2 Å². The molecule has 7 nitrogen and oxygen atoms in total. The number of rotatable bonds is 7. The third-order valence-corrected chi connectivity index (χ3v) is 3.57. The van der Waals surface area contributed by atoms with E-state index in [1.807, 2.05) is 0 Å². The summed E-state index contributed by atoms with van der Waals surface area (Å²) in [5, 5.41) is 16.5. The Morgan fingerprint density at radius 3 is 2.52 bits per heavy atom. The smallest absolute Gasteiger partial charge is 0.271 e. The average Bonchev–Trinajstić information content (AvgIpc) is 2.59. The van der Waals surface area contributed by atoms with Gasteiger partial charge in [0.2, 0.25) is 5.91 Å². The first-order valence-electron chi connectivity index (χ1n) is 7.54. The van der Waals surface area contributed by atoms with E-state index in [1.54, 1.807) is 30.3 Å². The zero-order valence-corrected chi connectivity index (χ0v) is 14.0. The number of hydrogen-bond acceptors (Lipinski definition) is 4. The van der Waals surface area contributed by atoms with Crippen LogP contribution in [0.25, 0.3) is 0 Å². The number of benzene rings is 2. The molecule has 0 aliphatic heterocycles. The Morgan fingerprint density at radius 2 is 1.84 bits per heavy atom. The SMILES string of the molecule is O=C(CCCNC(=O)c1ccc(Cl)cc1)Nc1cccc([N+](=O)[O-])c1. The van der Waals surface area contributed by atoms with E-state index in [0.29, 0.717) is 29.2 Å². The molecule has 0 aliphatic rings. The Balaban J connectivity index is 1.73. The molecule has 25 heavy (non-hydrogen) atoms. The highest BCUT2D eigenvalue weighted by molar-refractivity contribution is 6.30. The van der Waals surface area contributed by atoms with Gasteiger partial charge >= 0.3 is 0 Å². The van der Waals surface area contributed by atoms with Gasteiger partial charge in [0.15, 0.2) is 0 Å². The summed E-state index contributed by atoms with van der Waals surface area (Å²) in [6.45, 7) is 0.337. The van der Waals surface area contributed by atoms with Crippen molar-refractivity contribution in [3.63, 3.8) is 0 Å². The predicted octanol–water partition coefficient (Wildman–Crippen LogP) is 3.40. The number of nitrogens with one attached hydrogen (secondary N) is 2. The minimum Gasteiger partial charge on any atom is -0.352 e. The van der Waals surface area contributed by atoms with Gasteiger partial charge in [-0.2, -0.15) is 0 Å². The molecule has 0 saturated heterocycles. The van der Waals surface area contributed by atoms with Crippen LogP contribution in [0.3, 0.4) is 0 Å². The van der Waals surface area contributed by atoms with Gasteiger partial charge in [0.25, 0.3) is 11.6 Å². The lowest BCUT2D eigenvalue weighted by atomic mass is 10.2. The maximum absolute atomic E-state index is 11.9. The third-order valence-electron chi connectivity index (χ3n) is 3.31. The second-order valence-electron chi connectivity index (χ2n) is 5.22. The molecule has 2 rings (SSSR count). The van der Waals surface area contributed by atoms with Gasteiger partial charge in [-0.1, -0.05) is 17.7 Å². The number of nitrogens with zero attached hydrogens (tertiary/aromatic N) is 1. The second-order valence-corrected chi connectivity index (χ2v) is 5.66. The standard InChI is InChI=1S/C17H16ClN3O4/c18-13-8-6-12(7-9-13)17(23)19-10-2-5-16(22)20-14-3-1-4-15(11-14)21(24)25/h1,3-4,6-9,11H,2,5,10H2,(H,19,23)(H,20,22). The Bertz CT molecular complexity index is 778. The van der Waals surface area contributed by atoms with E-state index >= 15 is 0 Å². The van der Waals surface area contributed by atoms with Crippen molar-refractivity contribution < 1.29 is 14.5 Å². The van der Waals surface area contributed by atoms with Crippen LogP contribution in [0.15, 0.2) is 48.5 Å². The summed E-state index contributed by atoms with van der Waals surface area (Å²) >= 11 is 5.76. The maximum atomic E-state index is 11.9. The van der Waals surface area contributed by atoms with Crippen molar-refractivity contribution in [2.24, 2.45) is 0 Å². The molecule has 130 valence electrons. The highest BCUT2D eigenvalue weighted by Crippen LogP contribution is 2.17. The summed E-state index contributed by atoms with van der Waals surface area (Å²) in [6, 6.07) is 12.2. The average molecular weight is 362 g/mol. The number of nitro benzene ring substituents is 1. The first-order valence-corrected chi connectivity index (χ1v) is 7.91. The summed E-state index contributed by atoms with van der Waals surface area (Å²) in [5.41, 5.74) is 0.767. The lowest BCUT2D eigenvalue weighted by Gasteiger charge is -2.07. The number of carbonyl (C=O) groups excluding carboxylic acids is 2. The van der Waals surface area contributed by atoms with Gasteiger partial charge in [-0.05, 0) is 36.8 Å². The minimum absolute atomic E-state index is 0.0898. The van der Waals surface area contributed by atoms with Crippen LogP contribution in [0.4, 0.5) is 11.4 Å². The van der Waals surface area contributed by atoms with Crippen LogP contribution < -0.4 is 10.6 Å². The van der Waals surface area contributed by atoms with Crippen molar-refractivity contribution in [1.82, 2.24) is 5.32 Å². The van der Waals surface area contributed by atoms with E-state index in [-0.39, 0.29) is 23.9 Å². The minimum atomic E-state index is -0.526. The van der Waals surface area contributed by atoms with Crippen LogP contribution in [-0.2, 0) is 4.79 Å². The fraction of sp³-hybridized carbons (Fsp3) is 0.176. The fourth-order valence-electron chi connectivity index (χ4n) is 2.07. The first-order chi connectivity index (χ1) is 12.0. The molecule has 0 fully saturated rings. The van der Waals surface area contributed by atoms with Gasteiger partial charge in [0.05, 0.1) is 4.92 Å². The highest BCUT2D eigenvalue weighted by atomic mass is 35.5. The number of non-ortho nitro benzene ring substituents is 1. The van der Waals surface area contributed by atoms with Crippen LogP contribution >= 0.6 is 11.6 Å². The predicted molar refractivity (Wildman–Crippen MR) is 94.7 cm³/mol. The lowest BCUT2D eigenvalue weighted by Crippen LogP contribution is -2.25. The van der Waals surface area contributed by atoms with E-state index in [0.717, 1.165) is 0 Å². The largest absolute Gasteiger partial charge is 0.352 e. The molecule has 0 aliphatic carbocycles. The van der Waals surface area contributed by atoms with Crippen LogP contribution in [-0.4, -0.2) is 23.3 Å². The summed E-state index contributed by atoms with van der Waals surface area (Å²) in [6.07, 6.45) is 0.629. The number of amides is 2. The molecular formula is C17H16ClN3O4. The van der Waals surface area contributed by atoms with Gasteiger partial charge in [0.1, 0.15) is 0 Å². The van der Waals surface area contributed by atoms with E-state index in [2.05, 4.69) is 10.6 Å². The molecule has 0 spiro atoms. The molecule has 8 heteroatoms. The highest BCUT2D eigenvalue weighted by Gasteiger charge is 2.09. The van der Waals surface area contributed by atoms with Crippen LogP contribution in [0.5, 0.6) is 0 Å². The molecule has 0 atom stereocenters. The molecular weight excluding hydrogens is 346 g/mol. The zero-order chi connectivity index (χ0) is 18.2. The number of anilines is 1. The maximum Gasteiger partial charge on any atom is 0.271 e. The number of halogens is 1. The van der Waals surface area contributed by atoms with E-state index < -0.39 is 4.92 Å². The van der Waals surface area contributed by atoms with Gasteiger partial charge < -0.3 is 10.6 Å². The van der Waals surface area contributed by atoms with Crippen molar-refractivity contribution in [2.45, 2.75) is 12.8 Å². The van der Waals surface area contributed by atoms with Gasteiger partial charge in [-0.15, -0.1) is 0 Å². The Labute approximate surface area is 149 Å². The molecule has 0 heterocycles. The lowest BCUT2D eigenvalue weighted by molar-refractivity contribution is -0.384. The van der Waals surface area contributed by atoms with Crippen molar-refractivity contribution in [3.8, 4) is 0 Å². The van der Waals surface area contributed by atoms with Crippen LogP contribution in [0.2, 0.25) is 5.02 Å². The molecule has 0 radical (unpaired) electrons. The van der Waals surface area contributed by atoms with E-state index in [1.165, 1.54) is 18.2 Å².